The van der Waals surface area contributed by atoms with E-state index in [1.165, 1.54) is 71.0 Å². The quantitative estimate of drug-likeness (QED) is 0.692. The molecule has 1 aliphatic heterocycles. The lowest BCUT2D eigenvalue weighted by molar-refractivity contribution is -0.121. The molecule has 1 N–H and O–H groups in total. The fraction of sp³-hybridized carbons (Fsp3) is 0.941. The fourth-order valence-electron chi connectivity index (χ4n) is 3.59. The predicted molar refractivity (Wildman–Crippen MR) is 83.7 cm³/mol. The van der Waals surface area contributed by atoms with Crippen LogP contribution in [0.5, 0.6) is 0 Å². The van der Waals surface area contributed by atoms with E-state index in [4.69, 9.17) is 0 Å². The minimum Gasteiger partial charge on any atom is -0.356 e. The SMILES string of the molecule is O=C(CCC1CCCCC1)NCCCCN1CCCC1. The van der Waals surface area contributed by atoms with Gasteiger partial charge in [0, 0.05) is 13.0 Å². The molecule has 1 saturated carbocycles. The Morgan fingerprint density at radius 2 is 1.75 bits per heavy atom. The first-order valence-corrected chi connectivity index (χ1v) is 8.83. The van der Waals surface area contributed by atoms with E-state index in [-0.39, 0.29) is 5.91 Å². The van der Waals surface area contributed by atoms with Gasteiger partial charge in [-0.25, -0.2) is 0 Å². The van der Waals surface area contributed by atoms with Crippen LogP contribution in [-0.2, 0) is 4.79 Å². The molecule has 2 rings (SSSR count). The zero-order valence-corrected chi connectivity index (χ0v) is 13.0. The van der Waals surface area contributed by atoms with E-state index in [0.717, 1.165) is 31.7 Å². The number of likely N-dealkylation sites (tertiary alicyclic amines) is 1. The molecule has 0 unspecified atom stereocenters. The van der Waals surface area contributed by atoms with Gasteiger partial charge in [0.2, 0.25) is 5.91 Å². The lowest BCUT2D eigenvalue weighted by Gasteiger charge is -2.21. The highest BCUT2D eigenvalue weighted by Crippen LogP contribution is 2.27. The standard InChI is InChI=1S/C17H32N2O/c20-17(11-10-16-8-2-1-3-9-16)18-12-4-5-13-19-14-6-7-15-19/h16H,1-15H2,(H,18,20). The summed E-state index contributed by atoms with van der Waals surface area (Å²) < 4.78 is 0. The van der Waals surface area contributed by atoms with Gasteiger partial charge < -0.3 is 10.2 Å². The third kappa shape index (κ3) is 6.25. The molecule has 2 fully saturated rings. The fourth-order valence-corrected chi connectivity index (χ4v) is 3.59. The smallest absolute Gasteiger partial charge is 0.220 e. The maximum Gasteiger partial charge on any atom is 0.220 e. The Hall–Kier alpha value is -0.570. The Balaban J connectivity index is 1.41. The van der Waals surface area contributed by atoms with Crippen LogP contribution >= 0.6 is 0 Å². The Bertz CT molecular complexity index is 268. The molecule has 0 aromatic rings. The number of carbonyl (C=O) groups excluding carboxylic acids is 1. The van der Waals surface area contributed by atoms with E-state index >= 15 is 0 Å². The Morgan fingerprint density at radius 1 is 1.00 bits per heavy atom. The number of hydrogen-bond acceptors (Lipinski definition) is 2. The van der Waals surface area contributed by atoms with Gasteiger partial charge in [0.25, 0.3) is 0 Å². The zero-order chi connectivity index (χ0) is 14.0. The van der Waals surface area contributed by atoms with Gasteiger partial charge in [-0.1, -0.05) is 32.1 Å². The first-order chi connectivity index (χ1) is 9.84. The molecular weight excluding hydrogens is 248 g/mol. The van der Waals surface area contributed by atoms with E-state index in [1.807, 2.05) is 0 Å². The average Bonchev–Trinajstić information content (AvgIpc) is 2.99. The summed E-state index contributed by atoms with van der Waals surface area (Å²) in [4.78, 5) is 14.3. The minimum absolute atomic E-state index is 0.275. The lowest BCUT2D eigenvalue weighted by Crippen LogP contribution is -2.26. The second kappa shape index (κ2) is 9.38. The first-order valence-electron chi connectivity index (χ1n) is 8.83. The topological polar surface area (TPSA) is 32.3 Å². The van der Waals surface area contributed by atoms with Gasteiger partial charge in [-0.05, 0) is 57.7 Å². The molecule has 20 heavy (non-hydrogen) atoms. The number of amides is 1. The number of nitrogens with zero attached hydrogens (tertiary/aromatic N) is 1. The van der Waals surface area contributed by atoms with Crippen molar-refractivity contribution in [1.82, 2.24) is 10.2 Å². The molecule has 0 radical (unpaired) electrons. The van der Waals surface area contributed by atoms with Gasteiger partial charge in [0.05, 0.1) is 0 Å². The monoisotopic (exact) mass is 280 g/mol. The summed E-state index contributed by atoms with van der Waals surface area (Å²) in [5.74, 6) is 1.10. The van der Waals surface area contributed by atoms with E-state index in [9.17, 15) is 4.79 Å². The average molecular weight is 280 g/mol. The van der Waals surface area contributed by atoms with Crippen molar-refractivity contribution in [3.63, 3.8) is 0 Å². The van der Waals surface area contributed by atoms with Crippen LogP contribution in [0.25, 0.3) is 0 Å². The molecule has 1 amide bonds. The van der Waals surface area contributed by atoms with Gasteiger partial charge in [0.1, 0.15) is 0 Å². The van der Waals surface area contributed by atoms with Crippen LogP contribution in [0.3, 0.4) is 0 Å². The summed E-state index contributed by atoms with van der Waals surface area (Å²) in [7, 11) is 0. The number of hydrogen-bond donors (Lipinski definition) is 1. The largest absolute Gasteiger partial charge is 0.356 e. The van der Waals surface area contributed by atoms with Gasteiger partial charge in [0.15, 0.2) is 0 Å². The molecule has 3 nitrogen and oxygen atoms in total. The van der Waals surface area contributed by atoms with Crippen molar-refractivity contribution in [2.75, 3.05) is 26.2 Å². The van der Waals surface area contributed by atoms with Crippen molar-refractivity contribution in [3.05, 3.63) is 0 Å². The molecule has 0 spiro atoms. The molecule has 0 aromatic carbocycles. The normalized spacial score (nSPS) is 21.2. The van der Waals surface area contributed by atoms with E-state index in [1.54, 1.807) is 0 Å². The third-order valence-corrected chi connectivity index (χ3v) is 4.93. The van der Waals surface area contributed by atoms with Crippen molar-refractivity contribution in [2.45, 2.75) is 70.6 Å². The summed E-state index contributed by atoms with van der Waals surface area (Å²) in [6.07, 6.45) is 13.8. The van der Waals surface area contributed by atoms with Crippen LogP contribution in [0.15, 0.2) is 0 Å². The van der Waals surface area contributed by atoms with Crippen LogP contribution < -0.4 is 5.32 Å². The maximum atomic E-state index is 11.8. The summed E-state index contributed by atoms with van der Waals surface area (Å²) in [5, 5.41) is 3.09. The Kier molecular flexibility index (Phi) is 7.42. The number of carbonyl (C=O) groups is 1. The van der Waals surface area contributed by atoms with Crippen LogP contribution in [0, 0.1) is 5.92 Å². The van der Waals surface area contributed by atoms with Gasteiger partial charge in [-0.3, -0.25) is 4.79 Å². The van der Waals surface area contributed by atoms with Crippen LogP contribution in [0.2, 0.25) is 0 Å². The minimum atomic E-state index is 0.275. The van der Waals surface area contributed by atoms with Crippen molar-refractivity contribution in [3.8, 4) is 0 Å². The molecule has 1 saturated heterocycles. The van der Waals surface area contributed by atoms with Gasteiger partial charge in [-0.15, -0.1) is 0 Å². The van der Waals surface area contributed by atoms with E-state index in [2.05, 4.69) is 10.2 Å². The van der Waals surface area contributed by atoms with Crippen molar-refractivity contribution in [2.24, 2.45) is 5.92 Å². The van der Waals surface area contributed by atoms with Crippen LogP contribution in [0.4, 0.5) is 0 Å². The highest BCUT2D eigenvalue weighted by molar-refractivity contribution is 5.75. The Morgan fingerprint density at radius 3 is 2.50 bits per heavy atom. The predicted octanol–water partition coefficient (Wildman–Crippen LogP) is 3.34. The molecule has 0 bridgehead atoms. The second-order valence-corrected chi connectivity index (χ2v) is 6.65. The van der Waals surface area contributed by atoms with Crippen LogP contribution in [-0.4, -0.2) is 37.0 Å². The number of unbranched alkanes of at least 4 members (excludes halogenated alkanes) is 1. The first kappa shape index (κ1) is 15.8. The molecule has 0 aromatic heterocycles. The lowest BCUT2D eigenvalue weighted by atomic mass is 9.86. The van der Waals surface area contributed by atoms with Crippen molar-refractivity contribution < 1.29 is 4.79 Å². The number of nitrogens with one attached hydrogen (secondary N) is 1. The molecule has 1 heterocycles. The van der Waals surface area contributed by atoms with Crippen molar-refractivity contribution in [1.29, 1.82) is 0 Å². The summed E-state index contributed by atoms with van der Waals surface area (Å²) >= 11 is 0. The van der Waals surface area contributed by atoms with Gasteiger partial charge in [-0.2, -0.15) is 0 Å². The molecule has 0 atom stereocenters. The Labute approximate surface area is 124 Å². The molecular formula is C17H32N2O. The molecule has 3 heteroatoms. The number of rotatable bonds is 8. The molecule has 116 valence electrons. The molecule has 1 aliphatic carbocycles. The summed E-state index contributed by atoms with van der Waals surface area (Å²) in [6.45, 7) is 4.66. The summed E-state index contributed by atoms with van der Waals surface area (Å²) in [6, 6.07) is 0. The zero-order valence-electron chi connectivity index (χ0n) is 13.0. The highest BCUT2D eigenvalue weighted by Gasteiger charge is 2.14. The maximum absolute atomic E-state index is 11.8. The van der Waals surface area contributed by atoms with Crippen molar-refractivity contribution >= 4 is 5.91 Å². The molecule has 2 aliphatic rings. The van der Waals surface area contributed by atoms with Crippen LogP contribution in [0.1, 0.15) is 70.6 Å². The summed E-state index contributed by atoms with van der Waals surface area (Å²) in [5.41, 5.74) is 0. The third-order valence-electron chi connectivity index (χ3n) is 4.93. The van der Waals surface area contributed by atoms with E-state index < -0.39 is 0 Å². The van der Waals surface area contributed by atoms with Gasteiger partial charge >= 0.3 is 0 Å². The second-order valence-electron chi connectivity index (χ2n) is 6.65. The van der Waals surface area contributed by atoms with E-state index in [0.29, 0.717) is 0 Å². The highest BCUT2D eigenvalue weighted by atomic mass is 16.1.